The Balaban J connectivity index is 1.22. The Hall–Kier alpha value is -6.62. The summed E-state index contributed by atoms with van der Waals surface area (Å²) in [6.45, 7) is 0. The molecule has 0 saturated heterocycles. The van der Waals surface area contributed by atoms with Crippen LogP contribution in [0.25, 0.3) is 82.6 Å². The predicted octanol–water partition coefficient (Wildman–Crippen LogP) is 11.0. The summed E-state index contributed by atoms with van der Waals surface area (Å²) in [6.07, 6.45) is 8.26. The highest BCUT2D eigenvalue weighted by molar-refractivity contribution is 7.26. The van der Waals surface area contributed by atoms with E-state index in [1.807, 2.05) is 91.0 Å². The van der Waals surface area contributed by atoms with Gasteiger partial charge in [0.05, 0.1) is 11.4 Å². The molecular weight excluding hydrogens is 645 g/mol. The van der Waals surface area contributed by atoms with Crippen LogP contribution in [-0.2, 0) is 0 Å². The first-order chi connectivity index (χ1) is 25.2. The van der Waals surface area contributed by atoms with E-state index in [9.17, 15) is 5.26 Å². The van der Waals surface area contributed by atoms with Gasteiger partial charge in [-0.25, -0.2) is 24.9 Å². The highest BCUT2D eigenvalue weighted by Gasteiger charge is 2.22. The third-order valence-corrected chi connectivity index (χ3v) is 10.1. The zero-order valence-electron chi connectivity index (χ0n) is 27.4. The van der Waals surface area contributed by atoms with Gasteiger partial charge in [0.25, 0.3) is 0 Å². The molecule has 7 heteroatoms. The monoisotopic (exact) mass is 672 g/mol. The van der Waals surface area contributed by atoms with Gasteiger partial charge in [0.15, 0.2) is 23.3 Å². The Morgan fingerprint density at radius 1 is 0.529 bits per heavy atom. The van der Waals surface area contributed by atoms with Crippen LogP contribution in [-0.4, -0.2) is 24.9 Å². The van der Waals surface area contributed by atoms with Crippen LogP contribution in [0.2, 0.25) is 0 Å². The molecule has 0 bridgehead atoms. The predicted molar refractivity (Wildman–Crippen MR) is 207 cm³/mol. The largest absolute Gasteiger partial charge is 0.227 e. The molecule has 0 N–H and O–H groups in total. The van der Waals surface area contributed by atoms with Crippen LogP contribution in [0.3, 0.4) is 0 Å². The van der Waals surface area contributed by atoms with Gasteiger partial charge in [0, 0.05) is 48.0 Å². The number of hydrogen-bond donors (Lipinski definition) is 0. The molecule has 240 valence electrons. The summed E-state index contributed by atoms with van der Waals surface area (Å²) in [7, 11) is 0. The standard InChI is InChI=1S/C44H28N6S/c45-27-35-39(28-14-5-1-6-15-28)46-44(47-40(35)29-16-7-2-8-17-29)34-22-13-23-36-38(34)33-25-24-32(26-37(33)51-36)43-49-41(30-18-9-3-10-19-30)48-42(50-43)31-20-11-4-12-21-31/h1,3-7,9-26H,2,8H2. The lowest BCUT2D eigenvalue weighted by Gasteiger charge is -2.14. The van der Waals surface area contributed by atoms with Crippen molar-refractivity contribution in [1.29, 1.82) is 5.26 Å². The summed E-state index contributed by atoms with van der Waals surface area (Å²) in [4.78, 5) is 25.0. The molecule has 9 rings (SSSR count). The van der Waals surface area contributed by atoms with Gasteiger partial charge in [-0.05, 0) is 30.5 Å². The summed E-state index contributed by atoms with van der Waals surface area (Å²) in [5, 5.41) is 12.6. The summed E-state index contributed by atoms with van der Waals surface area (Å²) < 4.78 is 2.23. The average molecular weight is 673 g/mol. The Morgan fingerprint density at radius 2 is 1.16 bits per heavy atom. The number of nitrogens with zero attached hydrogens (tertiary/aromatic N) is 6. The topological polar surface area (TPSA) is 88.2 Å². The van der Waals surface area contributed by atoms with Crippen molar-refractivity contribution in [2.75, 3.05) is 0 Å². The van der Waals surface area contributed by atoms with Crippen molar-refractivity contribution in [2.45, 2.75) is 12.8 Å². The molecule has 0 amide bonds. The summed E-state index contributed by atoms with van der Waals surface area (Å²) >= 11 is 1.72. The van der Waals surface area contributed by atoms with Crippen LogP contribution in [0.1, 0.15) is 24.1 Å². The number of aromatic nitrogens is 5. The van der Waals surface area contributed by atoms with Crippen molar-refractivity contribution in [1.82, 2.24) is 24.9 Å². The summed E-state index contributed by atoms with van der Waals surface area (Å²) in [5.74, 6) is 2.46. The number of fused-ring (bicyclic) bond motifs is 3. The van der Waals surface area contributed by atoms with Gasteiger partial charge in [-0.1, -0.05) is 133 Å². The van der Waals surface area contributed by atoms with Crippen LogP contribution in [0.5, 0.6) is 0 Å². The maximum Gasteiger partial charge on any atom is 0.164 e. The first-order valence-corrected chi connectivity index (χ1v) is 17.6. The fourth-order valence-corrected chi connectivity index (χ4v) is 7.75. The van der Waals surface area contributed by atoms with Crippen molar-refractivity contribution < 1.29 is 0 Å². The Bertz CT molecular complexity index is 2630. The third kappa shape index (κ3) is 5.68. The van der Waals surface area contributed by atoms with Crippen molar-refractivity contribution in [2.24, 2.45) is 0 Å². The van der Waals surface area contributed by atoms with Crippen LogP contribution in [0.4, 0.5) is 0 Å². The highest BCUT2D eigenvalue weighted by Crippen LogP contribution is 2.42. The van der Waals surface area contributed by atoms with Gasteiger partial charge in [0.2, 0.25) is 0 Å². The fourth-order valence-electron chi connectivity index (χ4n) is 6.58. The molecule has 6 nitrogen and oxygen atoms in total. The van der Waals surface area contributed by atoms with Gasteiger partial charge in [0.1, 0.15) is 11.6 Å². The third-order valence-electron chi connectivity index (χ3n) is 9.03. The SMILES string of the molecule is N#Cc1c(C2=CCCC=C2)nc(-c2cccc3sc4cc(-c5nc(-c6ccccc6)nc(-c6ccccc6)n5)ccc4c23)nc1-c1ccccc1. The molecule has 1 aliphatic carbocycles. The van der Waals surface area contributed by atoms with Crippen LogP contribution >= 0.6 is 11.3 Å². The number of allylic oxidation sites excluding steroid dienone is 4. The normalized spacial score (nSPS) is 12.6. The molecule has 1 aliphatic rings. The van der Waals surface area contributed by atoms with E-state index >= 15 is 0 Å². The van der Waals surface area contributed by atoms with E-state index in [1.54, 1.807) is 11.3 Å². The van der Waals surface area contributed by atoms with Gasteiger partial charge >= 0.3 is 0 Å². The van der Waals surface area contributed by atoms with Crippen LogP contribution in [0.15, 0.2) is 146 Å². The molecule has 5 aromatic carbocycles. The van der Waals surface area contributed by atoms with Crippen molar-refractivity contribution >= 4 is 37.1 Å². The van der Waals surface area contributed by atoms with E-state index in [0.29, 0.717) is 40.2 Å². The van der Waals surface area contributed by atoms with E-state index in [1.165, 1.54) is 0 Å². The maximum atomic E-state index is 10.4. The van der Waals surface area contributed by atoms with Gasteiger partial charge in [-0.3, -0.25) is 0 Å². The van der Waals surface area contributed by atoms with Crippen molar-refractivity contribution in [3.8, 4) is 62.9 Å². The van der Waals surface area contributed by atoms with Crippen molar-refractivity contribution in [3.05, 3.63) is 157 Å². The molecular formula is C44H28N6S. The Labute approximate surface area is 298 Å². The second-order valence-corrected chi connectivity index (χ2v) is 13.4. The Kier molecular flexibility index (Phi) is 7.77. The molecule has 0 unspecified atom stereocenters. The number of rotatable bonds is 6. The highest BCUT2D eigenvalue weighted by atomic mass is 32.1. The molecule has 0 aliphatic heterocycles. The number of thiophene rings is 1. The van der Waals surface area contributed by atoms with Gasteiger partial charge in [-0.2, -0.15) is 5.26 Å². The molecule has 51 heavy (non-hydrogen) atoms. The van der Waals surface area contributed by atoms with Gasteiger partial charge in [-0.15, -0.1) is 11.3 Å². The fraction of sp³-hybridized carbons (Fsp3) is 0.0455. The van der Waals surface area contributed by atoms with E-state index in [4.69, 9.17) is 24.9 Å². The lowest BCUT2D eigenvalue weighted by atomic mass is 9.96. The zero-order chi connectivity index (χ0) is 34.1. The molecule has 0 fully saturated rings. The lowest BCUT2D eigenvalue weighted by Crippen LogP contribution is -2.04. The lowest BCUT2D eigenvalue weighted by molar-refractivity contribution is 1.03. The maximum absolute atomic E-state index is 10.4. The molecule has 0 radical (unpaired) electrons. The molecule has 0 saturated carbocycles. The molecule has 0 atom stereocenters. The quantitative estimate of drug-likeness (QED) is 0.175. The van der Waals surface area contributed by atoms with Crippen LogP contribution in [0, 0.1) is 11.3 Å². The molecule has 0 spiro atoms. The van der Waals surface area contributed by atoms with E-state index in [-0.39, 0.29) is 0 Å². The van der Waals surface area contributed by atoms with Gasteiger partial charge < -0.3 is 0 Å². The minimum atomic E-state index is 0.483. The second-order valence-electron chi connectivity index (χ2n) is 12.3. The smallest absolute Gasteiger partial charge is 0.164 e. The number of benzene rings is 5. The minimum Gasteiger partial charge on any atom is -0.227 e. The first-order valence-electron chi connectivity index (χ1n) is 16.8. The van der Waals surface area contributed by atoms with E-state index < -0.39 is 0 Å². The first kappa shape index (κ1) is 30.4. The number of hydrogen-bond acceptors (Lipinski definition) is 7. The minimum absolute atomic E-state index is 0.483. The van der Waals surface area contributed by atoms with E-state index in [0.717, 1.165) is 66.4 Å². The number of nitriles is 1. The molecule has 3 aromatic heterocycles. The molecule has 3 heterocycles. The van der Waals surface area contributed by atoms with E-state index in [2.05, 4.69) is 60.7 Å². The Morgan fingerprint density at radius 3 is 1.78 bits per heavy atom. The van der Waals surface area contributed by atoms with Crippen molar-refractivity contribution in [3.63, 3.8) is 0 Å². The summed E-state index contributed by atoms with van der Waals surface area (Å²) in [6, 6.07) is 45.1. The van der Waals surface area contributed by atoms with Crippen LogP contribution < -0.4 is 0 Å². The second kappa shape index (κ2) is 13.0. The average Bonchev–Trinajstić information content (AvgIpc) is 3.60. The summed E-state index contributed by atoms with van der Waals surface area (Å²) in [5.41, 5.74) is 7.31. The zero-order valence-corrected chi connectivity index (χ0v) is 28.2. The molecule has 8 aromatic rings.